The molecule has 0 fully saturated rings. The monoisotopic (exact) mass is 255 g/mol. The molecule has 0 radical (unpaired) electrons. The Labute approximate surface area is 114 Å². The minimum atomic E-state index is -0.0612. The van der Waals surface area contributed by atoms with Crippen molar-refractivity contribution in [3.63, 3.8) is 0 Å². The summed E-state index contributed by atoms with van der Waals surface area (Å²) in [6.45, 7) is 8.45. The summed E-state index contributed by atoms with van der Waals surface area (Å²) in [7, 11) is 2.05. The quantitative estimate of drug-likeness (QED) is 0.833. The first-order valence-corrected chi connectivity index (χ1v) is 6.81. The van der Waals surface area contributed by atoms with Crippen LogP contribution in [0.5, 0.6) is 0 Å². The fourth-order valence-electron chi connectivity index (χ4n) is 2.55. The lowest BCUT2D eigenvalue weighted by Crippen LogP contribution is -2.03. The second-order valence-corrected chi connectivity index (χ2v) is 5.78. The summed E-state index contributed by atoms with van der Waals surface area (Å²) >= 11 is 0. The Morgan fingerprint density at radius 2 is 1.89 bits per heavy atom. The van der Waals surface area contributed by atoms with Crippen LogP contribution in [0.15, 0.2) is 18.2 Å². The Balaban J connectivity index is 2.56. The lowest BCUT2D eigenvalue weighted by atomic mass is 9.90. The zero-order valence-electron chi connectivity index (χ0n) is 12.3. The zero-order chi connectivity index (χ0) is 14.2. The molecule has 3 nitrogen and oxygen atoms in total. The van der Waals surface area contributed by atoms with E-state index in [1.165, 1.54) is 0 Å². The molecule has 0 aliphatic heterocycles. The first-order valence-electron chi connectivity index (χ1n) is 6.81. The third kappa shape index (κ3) is 2.35. The standard InChI is InChI=1S/C16H21N3/c1-10(2)13(9-17)12-6-7-15-14(8-12)18-16(11(3)4)19(15)5/h6-8,10-11,13H,1-5H3. The van der Waals surface area contributed by atoms with Gasteiger partial charge in [-0.15, -0.1) is 0 Å². The number of hydrogen-bond acceptors (Lipinski definition) is 2. The Hall–Kier alpha value is -1.82. The maximum absolute atomic E-state index is 9.29. The molecule has 0 N–H and O–H groups in total. The highest BCUT2D eigenvalue weighted by Crippen LogP contribution is 2.28. The lowest BCUT2D eigenvalue weighted by Gasteiger charge is -2.13. The van der Waals surface area contributed by atoms with Crippen LogP contribution in [0.1, 0.15) is 50.9 Å². The SMILES string of the molecule is CC(C)c1nc2cc(C(C#N)C(C)C)ccc2n1C. The summed E-state index contributed by atoms with van der Waals surface area (Å²) in [5.41, 5.74) is 3.19. The van der Waals surface area contributed by atoms with E-state index in [1.807, 2.05) is 0 Å². The van der Waals surface area contributed by atoms with Crippen LogP contribution in [0.2, 0.25) is 0 Å². The molecule has 1 atom stereocenters. The van der Waals surface area contributed by atoms with Crippen LogP contribution < -0.4 is 0 Å². The molecule has 100 valence electrons. The van der Waals surface area contributed by atoms with Crippen molar-refractivity contribution in [1.82, 2.24) is 9.55 Å². The van der Waals surface area contributed by atoms with E-state index in [0.29, 0.717) is 11.8 Å². The maximum Gasteiger partial charge on any atom is 0.112 e. The van der Waals surface area contributed by atoms with Crippen LogP contribution in [0, 0.1) is 17.2 Å². The molecule has 3 heteroatoms. The molecule has 0 bridgehead atoms. The van der Waals surface area contributed by atoms with Gasteiger partial charge in [0.25, 0.3) is 0 Å². The molecule has 19 heavy (non-hydrogen) atoms. The third-order valence-electron chi connectivity index (χ3n) is 3.62. The van der Waals surface area contributed by atoms with Crippen molar-refractivity contribution < 1.29 is 0 Å². The molecule has 2 aromatic rings. The number of imidazole rings is 1. The van der Waals surface area contributed by atoms with Gasteiger partial charge in [0.15, 0.2) is 0 Å². The molecule has 0 amide bonds. The predicted molar refractivity (Wildman–Crippen MR) is 78.0 cm³/mol. The van der Waals surface area contributed by atoms with Crippen molar-refractivity contribution in [2.45, 2.75) is 39.5 Å². The van der Waals surface area contributed by atoms with Gasteiger partial charge >= 0.3 is 0 Å². The number of benzene rings is 1. The number of aromatic nitrogens is 2. The second kappa shape index (κ2) is 5.05. The van der Waals surface area contributed by atoms with E-state index in [-0.39, 0.29) is 5.92 Å². The van der Waals surface area contributed by atoms with E-state index in [0.717, 1.165) is 22.4 Å². The number of aryl methyl sites for hydroxylation is 1. The maximum atomic E-state index is 9.29. The van der Waals surface area contributed by atoms with Gasteiger partial charge in [0, 0.05) is 13.0 Å². The first-order chi connectivity index (χ1) is 8.95. The molecule has 1 aromatic carbocycles. The molecule has 0 spiro atoms. The molecular formula is C16H21N3. The van der Waals surface area contributed by atoms with Crippen molar-refractivity contribution in [1.29, 1.82) is 5.26 Å². The predicted octanol–water partition coefficient (Wildman–Crippen LogP) is 3.96. The van der Waals surface area contributed by atoms with Crippen LogP contribution in [0.4, 0.5) is 0 Å². The molecule has 0 saturated heterocycles. The average Bonchev–Trinajstić information content (AvgIpc) is 2.67. The highest BCUT2D eigenvalue weighted by Gasteiger charge is 2.17. The lowest BCUT2D eigenvalue weighted by molar-refractivity contribution is 0.587. The molecule has 2 rings (SSSR count). The summed E-state index contributed by atoms with van der Waals surface area (Å²) in [6, 6.07) is 8.59. The van der Waals surface area contributed by atoms with Crippen molar-refractivity contribution in [2.75, 3.05) is 0 Å². The van der Waals surface area contributed by atoms with E-state index in [2.05, 4.69) is 63.6 Å². The van der Waals surface area contributed by atoms with Crippen LogP contribution in [0.3, 0.4) is 0 Å². The first kappa shape index (κ1) is 13.6. The average molecular weight is 255 g/mol. The van der Waals surface area contributed by atoms with E-state index >= 15 is 0 Å². The van der Waals surface area contributed by atoms with E-state index < -0.39 is 0 Å². The van der Waals surface area contributed by atoms with Gasteiger partial charge in [-0.2, -0.15) is 5.26 Å². The van der Waals surface area contributed by atoms with Gasteiger partial charge in [-0.05, 0) is 23.6 Å². The number of hydrogen-bond donors (Lipinski definition) is 0. The van der Waals surface area contributed by atoms with Crippen LogP contribution in [-0.4, -0.2) is 9.55 Å². The molecule has 0 aliphatic rings. The molecule has 1 aromatic heterocycles. The van der Waals surface area contributed by atoms with Crippen LogP contribution >= 0.6 is 0 Å². The number of rotatable bonds is 3. The van der Waals surface area contributed by atoms with E-state index in [9.17, 15) is 5.26 Å². The van der Waals surface area contributed by atoms with Gasteiger partial charge in [-0.1, -0.05) is 33.8 Å². The second-order valence-electron chi connectivity index (χ2n) is 5.78. The van der Waals surface area contributed by atoms with Crippen molar-refractivity contribution >= 4 is 11.0 Å². The molecule has 1 unspecified atom stereocenters. The fourth-order valence-corrected chi connectivity index (χ4v) is 2.55. The smallest absolute Gasteiger partial charge is 0.112 e. The summed E-state index contributed by atoms with van der Waals surface area (Å²) in [6.07, 6.45) is 0. The van der Waals surface area contributed by atoms with Gasteiger partial charge in [0.2, 0.25) is 0 Å². The Bertz CT molecular complexity index is 629. The minimum Gasteiger partial charge on any atom is -0.331 e. The van der Waals surface area contributed by atoms with Crippen LogP contribution in [-0.2, 0) is 7.05 Å². The third-order valence-corrected chi connectivity index (χ3v) is 3.62. The Morgan fingerprint density at radius 1 is 1.21 bits per heavy atom. The molecular weight excluding hydrogens is 234 g/mol. The van der Waals surface area contributed by atoms with Crippen molar-refractivity contribution in [3.05, 3.63) is 29.6 Å². The largest absolute Gasteiger partial charge is 0.331 e. The molecule has 1 heterocycles. The Kier molecular flexibility index (Phi) is 3.61. The van der Waals surface area contributed by atoms with Gasteiger partial charge in [0.05, 0.1) is 23.0 Å². The Morgan fingerprint density at radius 3 is 2.42 bits per heavy atom. The van der Waals surface area contributed by atoms with Gasteiger partial charge in [-0.25, -0.2) is 4.98 Å². The number of nitrogens with zero attached hydrogens (tertiary/aromatic N) is 3. The molecule has 0 aliphatic carbocycles. The van der Waals surface area contributed by atoms with Crippen LogP contribution in [0.25, 0.3) is 11.0 Å². The minimum absolute atomic E-state index is 0.0612. The van der Waals surface area contributed by atoms with Gasteiger partial charge < -0.3 is 4.57 Å². The van der Waals surface area contributed by atoms with Gasteiger partial charge in [-0.3, -0.25) is 0 Å². The van der Waals surface area contributed by atoms with Crippen molar-refractivity contribution in [2.24, 2.45) is 13.0 Å². The van der Waals surface area contributed by atoms with E-state index in [4.69, 9.17) is 4.98 Å². The summed E-state index contributed by atoms with van der Waals surface area (Å²) in [5, 5.41) is 9.29. The highest BCUT2D eigenvalue weighted by atomic mass is 15.1. The summed E-state index contributed by atoms with van der Waals surface area (Å²) < 4.78 is 2.14. The number of fused-ring (bicyclic) bond motifs is 1. The van der Waals surface area contributed by atoms with E-state index in [1.54, 1.807) is 0 Å². The van der Waals surface area contributed by atoms with Crippen molar-refractivity contribution in [3.8, 4) is 6.07 Å². The summed E-state index contributed by atoms with van der Waals surface area (Å²) in [5.74, 6) is 1.74. The highest BCUT2D eigenvalue weighted by molar-refractivity contribution is 5.77. The summed E-state index contributed by atoms with van der Waals surface area (Å²) in [4.78, 5) is 4.70. The molecule has 0 saturated carbocycles. The van der Waals surface area contributed by atoms with Gasteiger partial charge in [0.1, 0.15) is 5.82 Å². The number of nitriles is 1. The fraction of sp³-hybridized carbons (Fsp3) is 0.500. The zero-order valence-corrected chi connectivity index (χ0v) is 12.3. The topological polar surface area (TPSA) is 41.6 Å². The normalized spacial score (nSPS) is 13.2.